The van der Waals surface area contributed by atoms with Crippen LogP contribution in [0.1, 0.15) is 16.1 Å². The molecule has 2 heterocycles. The van der Waals surface area contributed by atoms with E-state index in [0.717, 1.165) is 10.9 Å². The SMILES string of the molecule is O=C(O)c1cccn(Cc2ccc3ccccc3n2)c1=O. The summed E-state index contributed by atoms with van der Waals surface area (Å²) in [5, 5.41) is 9.99. The Balaban J connectivity index is 2.01. The Morgan fingerprint density at radius 2 is 1.90 bits per heavy atom. The molecule has 3 rings (SSSR count). The molecule has 104 valence electrons. The monoisotopic (exact) mass is 280 g/mol. The van der Waals surface area contributed by atoms with Crippen molar-refractivity contribution in [1.82, 2.24) is 9.55 Å². The van der Waals surface area contributed by atoms with Crippen LogP contribution in [0, 0.1) is 0 Å². The summed E-state index contributed by atoms with van der Waals surface area (Å²) >= 11 is 0. The lowest BCUT2D eigenvalue weighted by Gasteiger charge is -2.07. The van der Waals surface area contributed by atoms with E-state index in [1.807, 2.05) is 36.4 Å². The van der Waals surface area contributed by atoms with Crippen molar-refractivity contribution in [2.24, 2.45) is 0 Å². The van der Waals surface area contributed by atoms with E-state index in [1.54, 1.807) is 12.3 Å². The van der Waals surface area contributed by atoms with E-state index in [1.165, 1.54) is 10.6 Å². The van der Waals surface area contributed by atoms with Crippen LogP contribution in [-0.4, -0.2) is 20.6 Å². The van der Waals surface area contributed by atoms with Crippen LogP contribution in [0.5, 0.6) is 0 Å². The Hall–Kier alpha value is -2.95. The number of hydrogen-bond acceptors (Lipinski definition) is 3. The second-order valence-corrected chi connectivity index (χ2v) is 4.66. The summed E-state index contributed by atoms with van der Waals surface area (Å²) in [5.74, 6) is -1.22. The lowest BCUT2D eigenvalue weighted by molar-refractivity contribution is 0.0694. The quantitative estimate of drug-likeness (QED) is 0.797. The Morgan fingerprint density at radius 1 is 1.10 bits per heavy atom. The molecule has 1 aromatic carbocycles. The van der Waals surface area contributed by atoms with Crippen LogP contribution in [0.2, 0.25) is 0 Å². The van der Waals surface area contributed by atoms with Crippen molar-refractivity contribution in [3.05, 3.63) is 76.3 Å². The van der Waals surface area contributed by atoms with Gasteiger partial charge in [0.05, 0.1) is 17.8 Å². The Morgan fingerprint density at radius 3 is 2.71 bits per heavy atom. The molecule has 0 bridgehead atoms. The van der Waals surface area contributed by atoms with Crippen molar-refractivity contribution in [2.75, 3.05) is 0 Å². The summed E-state index contributed by atoms with van der Waals surface area (Å²) in [5.41, 5.74) is 0.786. The number of carbonyl (C=O) groups is 1. The third-order valence-electron chi connectivity index (χ3n) is 3.24. The van der Waals surface area contributed by atoms with Crippen LogP contribution in [0.4, 0.5) is 0 Å². The second kappa shape index (κ2) is 5.20. The van der Waals surface area contributed by atoms with Crippen molar-refractivity contribution in [1.29, 1.82) is 0 Å². The molecule has 0 radical (unpaired) electrons. The summed E-state index contributed by atoms with van der Waals surface area (Å²) in [6, 6.07) is 14.3. The molecule has 0 spiro atoms. The normalized spacial score (nSPS) is 10.7. The largest absolute Gasteiger partial charge is 0.477 e. The maximum absolute atomic E-state index is 12.0. The van der Waals surface area contributed by atoms with Crippen molar-refractivity contribution >= 4 is 16.9 Å². The predicted molar refractivity (Wildman–Crippen MR) is 78.5 cm³/mol. The zero-order chi connectivity index (χ0) is 14.8. The van der Waals surface area contributed by atoms with Crippen LogP contribution in [0.3, 0.4) is 0 Å². The lowest BCUT2D eigenvalue weighted by Crippen LogP contribution is -2.26. The molecule has 0 aliphatic rings. The van der Waals surface area contributed by atoms with E-state index < -0.39 is 11.5 Å². The highest BCUT2D eigenvalue weighted by Gasteiger charge is 2.10. The van der Waals surface area contributed by atoms with Crippen molar-refractivity contribution < 1.29 is 9.90 Å². The average molecular weight is 280 g/mol. The molecule has 0 atom stereocenters. The molecule has 0 unspecified atom stereocenters. The molecular weight excluding hydrogens is 268 g/mol. The van der Waals surface area contributed by atoms with Crippen LogP contribution < -0.4 is 5.56 Å². The van der Waals surface area contributed by atoms with E-state index >= 15 is 0 Å². The first-order valence-electron chi connectivity index (χ1n) is 6.42. The van der Waals surface area contributed by atoms with Crippen LogP contribution in [-0.2, 0) is 6.54 Å². The molecule has 0 aliphatic heterocycles. The van der Waals surface area contributed by atoms with Gasteiger partial charge in [-0.25, -0.2) is 4.79 Å². The van der Waals surface area contributed by atoms with Gasteiger partial charge in [0.2, 0.25) is 0 Å². The number of rotatable bonds is 3. The minimum atomic E-state index is -1.22. The molecule has 5 heteroatoms. The smallest absolute Gasteiger partial charge is 0.341 e. The molecule has 21 heavy (non-hydrogen) atoms. The van der Waals surface area contributed by atoms with Crippen LogP contribution >= 0.6 is 0 Å². The zero-order valence-electron chi connectivity index (χ0n) is 11.1. The van der Waals surface area contributed by atoms with Gasteiger partial charge in [-0.3, -0.25) is 9.78 Å². The standard InChI is InChI=1S/C16H12N2O3/c19-15-13(16(20)21)5-3-9-18(15)10-12-8-7-11-4-1-2-6-14(11)17-12/h1-9H,10H2,(H,20,21). The highest BCUT2D eigenvalue weighted by atomic mass is 16.4. The molecule has 5 nitrogen and oxygen atoms in total. The van der Waals surface area contributed by atoms with Crippen LogP contribution in [0.25, 0.3) is 10.9 Å². The Bertz CT molecular complexity index is 884. The summed E-state index contributed by atoms with van der Waals surface area (Å²) in [6.45, 7) is 0.241. The van der Waals surface area contributed by atoms with E-state index in [4.69, 9.17) is 5.11 Å². The van der Waals surface area contributed by atoms with E-state index in [0.29, 0.717) is 5.69 Å². The van der Waals surface area contributed by atoms with Gasteiger partial charge in [-0.2, -0.15) is 0 Å². The van der Waals surface area contributed by atoms with Gasteiger partial charge in [-0.15, -0.1) is 0 Å². The van der Waals surface area contributed by atoms with E-state index in [9.17, 15) is 9.59 Å². The first-order valence-corrected chi connectivity index (χ1v) is 6.42. The van der Waals surface area contributed by atoms with E-state index in [-0.39, 0.29) is 12.1 Å². The van der Waals surface area contributed by atoms with Gasteiger partial charge < -0.3 is 9.67 Å². The highest BCUT2D eigenvalue weighted by molar-refractivity contribution is 5.87. The van der Waals surface area contributed by atoms with E-state index in [2.05, 4.69) is 4.98 Å². The topological polar surface area (TPSA) is 72.2 Å². The number of aromatic carboxylic acids is 1. The fraction of sp³-hybridized carbons (Fsp3) is 0.0625. The Kier molecular flexibility index (Phi) is 3.23. The maximum atomic E-state index is 12.0. The maximum Gasteiger partial charge on any atom is 0.341 e. The summed E-state index contributed by atoms with van der Waals surface area (Å²) in [6.07, 6.45) is 1.56. The van der Waals surface area contributed by atoms with Crippen molar-refractivity contribution in [3.8, 4) is 0 Å². The van der Waals surface area contributed by atoms with Gasteiger partial charge in [-0.1, -0.05) is 24.3 Å². The van der Waals surface area contributed by atoms with Crippen molar-refractivity contribution in [2.45, 2.75) is 6.54 Å². The number of benzene rings is 1. The van der Waals surface area contributed by atoms with Gasteiger partial charge in [0.1, 0.15) is 5.56 Å². The number of para-hydroxylation sites is 1. The minimum Gasteiger partial charge on any atom is -0.477 e. The van der Waals surface area contributed by atoms with Gasteiger partial charge >= 0.3 is 5.97 Å². The molecule has 0 aliphatic carbocycles. The molecular formula is C16H12N2O3. The Labute approximate surface area is 120 Å². The van der Waals surface area contributed by atoms with Crippen molar-refractivity contribution in [3.63, 3.8) is 0 Å². The highest BCUT2D eigenvalue weighted by Crippen LogP contribution is 2.12. The number of fused-ring (bicyclic) bond motifs is 1. The number of nitrogens with zero attached hydrogens (tertiary/aromatic N) is 2. The number of pyridine rings is 2. The predicted octanol–water partition coefficient (Wildman–Crippen LogP) is 2.14. The number of hydrogen-bond donors (Lipinski definition) is 1. The van der Waals surface area contributed by atoms with Crippen LogP contribution in [0.15, 0.2) is 59.5 Å². The number of aromatic nitrogens is 2. The number of carboxylic acids is 1. The third kappa shape index (κ3) is 2.53. The number of carboxylic acid groups (broad SMARTS) is 1. The molecule has 3 aromatic rings. The summed E-state index contributed by atoms with van der Waals surface area (Å²) in [7, 11) is 0. The van der Waals surface area contributed by atoms with Gasteiger partial charge in [0, 0.05) is 11.6 Å². The molecule has 0 amide bonds. The molecule has 0 saturated carbocycles. The molecule has 0 fully saturated rings. The third-order valence-corrected chi connectivity index (χ3v) is 3.24. The van der Waals surface area contributed by atoms with Gasteiger partial charge in [-0.05, 0) is 24.3 Å². The van der Waals surface area contributed by atoms with Gasteiger partial charge in [0.15, 0.2) is 0 Å². The summed E-state index contributed by atoms with van der Waals surface area (Å²) in [4.78, 5) is 27.5. The first-order chi connectivity index (χ1) is 10.1. The average Bonchev–Trinajstić information content (AvgIpc) is 2.49. The molecule has 2 aromatic heterocycles. The van der Waals surface area contributed by atoms with Gasteiger partial charge in [0.25, 0.3) is 5.56 Å². The zero-order valence-corrected chi connectivity index (χ0v) is 11.1. The molecule has 1 N–H and O–H groups in total. The molecule has 0 saturated heterocycles. The fourth-order valence-corrected chi connectivity index (χ4v) is 2.19. The minimum absolute atomic E-state index is 0.238. The summed E-state index contributed by atoms with van der Waals surface area (Å²) < 4.78 is 1.35. The fourth-order valence-electron chi connectivity index (χ4n) is 2.19. The second-order valence-electron chi connectivity index (χ2n) is 4.66. The first kappa shape index (κ1) is 13.1. The lowest BCUT2D eigenvalue weighted by atomic mass is 10.2.